The number of likely N-dealkylation sites (N-methyl/N-ethyl adjacent to an activating group) is 1. The Morgan fingerprint density at radius 2 is 2.29 bits per heavy atom. The normalized spacial score (nSPS) is 10.2. The number of hydrogen-bond donors (Lipinski definition) is 0. The molecule has 0 radical (unpaired) electrons. The predicted molar refractivity (Wildman–Crippen MR) is 51.8 cm³/mol. The van der Waals surface area contributed by atoms with E-state index in [-0.39, 0.29) is 0 Å². The van der Waals surface area contributed by atoms with Crippen molar-refractivity contribution in [2.75, 3.05) is 31.7 Å². The lowest BCUT2D eigenvalue weighted by atomic mass is 10.4. The maximum absolute atomic E-state index is 12.8. The van der Waals surface area contributed by atoms with Crippen LogP contribution in [0.1, 0.15) is 6.92 Å². The SMILES string of the molecule is CCN(CCOC)c1cc(F)ncn1. The van der Waals surface area contributed by atoms with Crippen LogP contribution >= 0.6 is 0 Å². The first kappa shape index (κ1) is 10.8. The standard InChI is InChI=1S/C9H14FN3O/c1-3-13(4-5-14-2)9-6-8(10)11-7-12-9/h6-7H,3-5H2,1-2H3. The molecule has 0 bridgehead atoms. The molecular weight excluding hydrogens is 185 g/mol. The second-order valence-corrected chi connectivity index (χ2v) is 2.77. The van der Waals surface area contributed by atoms with Crippen LogP contribution in [-0.2, 0) is 4.74 Å². The molecule has 1 rings (SSSR count). The molecule has 78 valence electrons. The van der Waals surface area contributed by atoms with Gasteiger partial charge >= 0.3 is 0 Å². The van der Waals surface area contributed by atoms with Gasteiger partial charge in [-0.15, -0.1) is 0 Å². The maximum Gasteiger partial charge on any atom is 0.218 e. The zero-order valence-corrected chi connectivity index (χ0v) is 8.40. The molecule has 0 unspecified atom stereocenters. The Hall–Kier alpha value is -1.23. The smallest absolute Gasteiger partial charge is 0.218 e. The molecule has 0 aliphatic rings. The molecule has 0 aliphatic carbocycles. The Morgan fingerprint density at radius 1 is 1.50 bits per heavy atom. The summed E-state index contributed by atoms with van der Waals surface area (Å²) in [5.74, 6) is 0.0860. The van der Waals surface area contributed by atoms with Gasteiger partial charge in [0.25, 0.3) is 0 Å². The third kappa shape index (κ3) is 2.92. The number of hydrogen-bond acceptors (Lipinski definition) is 4. The van der Waals surface area contributed by atoms with E-state index >= 15 is 0 Å². The Bertz CT molecular complexity index is 283. The number of aromatic nitrogens is 2. The maximum atomic E-state index is 12.8. The van der Waals surface area contributed by atoms with Crippen LogP contribution in [-0.4, -0.2) is 36.8 Å². The van der Waals surface area contributed by atoms with Gasteiger partial charge in [-0.25, -0.2) is 9.97 Å². The van der Waals surface area contributed by atoms with E-state index in [4.69, 9.17) is 4.74 Å². The van der Waals surface area contributed by atoms with Gasteiger partial charge in [-0.05, 0) is 6.92 Å². The fourth-order valence-corrected chi connectivity index (χ4v) is 1.13. The van der Waals surface area contributed by atoms with Crippen molar-refractivity contribution in [1.82, 2.24) is 9.97 Å². The molecule has 0 aromatic carbocycles. The third-order valence-electron chi connectivity index (χ3n) is 1.89. The van der Waals surface area contributed by atoms with Crippen molar-refractivity contribution in [2.24, 2.45) is 0 Å². The molecule has 0 spiro atoms. The third-order valence-corrected chi connectivity index (χ3v) is 1.89. The highest BCUT2D eigenvalue weighted by Gasteiger charge is 2.06. The Kier molecular flexibility index (Phi) is 4.25. The Balaban J connectivity index is 2.68. The predicted octanol–water partition coefficient (Wildman–Crippen LogP) is 1.09. The molecule has 5 heteroatoms. The molecule has 1 aromatic heterocycles. The van der Waals surface area contributed by atoms with Crippen molar-refractivity contribution in [2.45, 2.75) is 6.92 Å². The average molecular weight is 199 g/mol. The van der Waals surface area contributed by atoms with Gasteiger partial charge in [-0.3, -0.25) is 0 Å². The molecule has 4 nitrogen and oxygen atoms in total. The van der Waals surface area contributed by atoms with Crippen LogP contribution in [0.25, 0.3) is 0 Å². The highest BCUT2D eigenvalue weighted by Crippen LogP contribution is 2.09. The summed E-state index contributed by atoms with van der Waals surface area (Å²) in [5.41, 5.74) is 0. The summed E-state index contributed by atoms with van der Waals surface area (Å²) < 4.78 is 17.7. The second-order valence-electron chi connectivity index (χ2n) is 2.77. The monoisotopic (exact) mass is 199 g/mol. The van der Waals surface area contributed by atoms with Crippen LogP contribution < -0.4 is 4.90 Å². The van der Waals surface area contributed by atoms with Crippen LogP contribution in [0.2, 0.25) is 0 Å². The molecule has 0 amide bonds. The molecule has 0 saturated carbocycles. The van der Waals surface area contributed by atoms with Gasteiger partial charge in [0.2, 0.25) is 5.95 Å². The number of anilines is 1. The van der Waals surface area contributed by atoms with E-state index in [2.05, 4.69) is 9.97 Å². The summed E-state index contributed by atoms with van der Waals surface area (Å²) in [5, 5.41) is 0. The first-order chi connectivity index (χ1) is 6.77. The lowest BCUT2D eigenvalue weighted by molar-refractivity contribution is 0.205. The second kappa shape index (κ2) is 5.49. The molecule has 0 saturated heterocycles. The van der Waals surface area contributed by atoms with E-state index in [0.717, 1.165) is 6.54 Å². The van der Waals surface area contributed by atoms with E-state index in [1.807, 2.05) is 11.8 Å². The molecule has 0 N–H and O–H groups in total. The van der Waals surface area contributed by atoms with E-state index in [9.17, 15) is 4.39 Å². The van der Waals surface area contributed by atoms with E-state index in [1.54, 1.807) is 7.11 Å². The lowest BCUT2D eigenvalue weighted by Gasteiger charge is -2.20. The van der Waals surface area contributed by atoms with Crippen molar-refractivity contribution < 1.29 is 9.13 Å². The Morgan fingerprint density at radius 3 is 2.86 bits per heavy atom. The van der Waals surface area contributed by atoms with Crippen LogP contribution in [0.3, 0.4) is 0 Å². The summed E-state index contributed by atoms with van der Waals surface area (Å²) in [6.45, 7) is 4.04. The number of methoxy groups -OCH3 is 1. The number of halogens is 1. The fraction of sp³-hybridized carbons (Fsp3) is 0.556. The first-order valence-corrected chi connectivity index (χ1v) is 4.49. The van der Waals surface area contributed by atoms with Gasteiger partial charge in [0.1, 0.15) is 12.1 Å². The van der Waals surface area contributed by atoms with Crippen LogP contribution in [0.15, 0.2) is 12.4 Å². The number of nitrogens with zero attached hydrogens (tertiary/aromatic N) is 3. The van der Waals surface area contributed by atoms with Gasteiger partial charge in [0.05, 0.1) is 6.61 Å². The van der Waals surface area contributed by atoms with Crippen LogP contribution in [0, 0.1) is 5.95 Å². The molecule has 0 atom stereocenters. The lowest BCUT2D eigenvalue weighted by Crippen LogP contribution is -2.27. The van der Waals surface area contributed by atoms with Gasteiger partial charge in [-0.2, -0.15) is 4.39 Å². The minimum absolute atomic E-state index is 0.508. The first-order valence-electron chi connectivity index (χ1n) is 4.49. The van der Waals surface area contributed by atoms with Gasteiger partial charge in [-0.1, -0.05) is 0 Å². The molecular formula is C9H14FN3O. The average Bonchev–Trinajstić information content (AvgIpc) is 2.19. The number of ether oxygens (including phenoxy) is 1. The molecule has 0 aliphatic heterocycles. The zero-order valence-electron chi connectivity index (χ0n) is 8.40. The van der Waals surface area contributed by atoms with Gasteiger partial charge < -0.3 is 9.64 Å². The van der Waals surface area contributed by atoms with Gasteiger partial charge in [0.15, 0.2) is 0 Å². The largest absolute Gasteiger partial charge is 0.383 e. The molecule has 1 aromatic rings. The fourth-order valence-electron chi connectivity index (χ4n) is 1.13. The minimum Gasteiger partial charge on any atom is -0.383 e. The van der Waals surface area contributed by atoms with E-state index < -0.39 is 5.95 Å². The highest BCUT2D eigenvalue weighted by molar-refractivity contribution is 5.36. The molecule has 0 fully saturated rings. The van der Waals surface area contributed by atoms with Crippen molar-refractivity contribution in [3.05, 3.63) is 18.3 Å². The van der Waals surface area contributed by atoms with E-state index in [0.29, 0.717) is 19.0 Å². The summed E-state index contributed by atoms with van der Waals surface area (Å²) in [6.07, 6.45) is 1.22. The van der Waals surface area contributed by atoms with Gasteiger partial charge in [0, 0.05) is 26.3 Å². The Labute approximate surface area is 82.7 Å². The van der Waals surface area contributed by atoms with Crippen molar-refractivity contribution >= 4 is 5.82 Å². The summed E-state index contributed by atoms with van der Waals surface area (Å²) in [7, 11) is 1.63. The molecule has 1 heterocycles. The summed E-state index contributed by atoms with van der Waals surface area (Å²) in [6, 6.07) is 1.32. The van der Waals surface area contributed by atoms with Crippen LogP contribution in [0.4, 0.5) is 10.2 Å². The van der Waals surface area contributed by atoms with Crippen molar-refractivity contribution in [3.8, 4) is 0 Å². The zero-order chi connectivity index (χ0) is 10.4. The quantitative estimate of drug-likeness (QED) is 0.665. The van der Waals surface area contributed by atoms with Crippen molar-refractivity contribution in [1.29, 1.82) is 0 Å². The minimum atomic E-state index is -0.508. The summed E-state index contributed by atoms with van der Waals surface area (Å²) in [4.78, 5) is 9.31. The van der Waals surface area contributed by atoms with Crippen molar-refractivity contribution in [3.63, 3.8) is 0 Å². The topological polar surface area (TPSA) is 38.2 Å². The summed E-state index contributed by atoms with van der Waals surface area (Å²) >= 11 is 0. The molecule has 14 heavy (non-hydrogen) atoms. The van der Waals surface area contributed by atoms with E-state index in [1.165, 1.54) is 12.4 Å². The van der Waals surface area contributed by atoms with Crippen LogP contribution in [0.5, 0.6) is 0 Å². The highest BCUT2D eigenvalue weighted by atomic mass is 19.1. The number of rotatable bonds is 5.